The van der Waals surface area contributed by atoms with Gasteiger partial charge in [-0.1, -0.05) is 176 Å². The molecule has 3 aromatic heterocycles. The molecule has 5 nitrogen and oxygen atoms in total. The first-order valence-corrected chi connectivity index (χ1v) is 20.3. The van der Waals surface area contributed by atoms with Crippen LogP contribution < -0.4 is 0 Å². The highest BCUT2D eigenvalue weighted by Gasteiger charge is 2.22. The third kappa shape index (κ3) is 6.06. The molecule has 12 aromatic rings. The Morgan fingerprint density at radius 2 is 0.903 bits per heavy atom. The van der Waals surface area contributed by atoms with Crippen LogP contribution in [0.3, 0.4) is 0 Å². The average Bonchev–Trinajstić information content (AvgIpc) is 3.96. The van der Waals surface area contributed by atoms with Crippen LogP contribution in [-0.2, 0) is 0 Å². The predicted molar refractivity (Wildman–Crippen MR) is 254 cm³/mol. The van der Waals surface area contributed by atoms with Gasteiger partial charge in [0.15, 0.2) is 17.5 Å². The van der Waals surface area contributed by atoms with E-state index in [-0.39, 0.29) is 58.1 Å². The Bertz CT molecular complexity index is 3830. The average molecular weight is 799 g/mol. The molecule has 0 radical (unpaired) electrons. The zero-order chi connectivity index (χ0) is 46.2. The number of hydrogen-bond donors (Lipinski definition) is 0. The van der Waals surface area contributed by atoms with Crippen LogP contribution in [0, 0.1) is 0 Å². The normalized spacial score (nSPS) is 12.9. The molecule has 5 heteroatoms. The quantitative estimate of drug-likeness (QED) is 0.161. The van der Waals surface area contributed by atoms with Crippen molar-refractivity contribution in [3.05, 3.63) is 218 Å². The standard InChI is InChI=1S/C57H36N4O/c1-3-16-37(17-4-1)39-20-13-22-42(34-39)55-58-56(43-23-14-21-40(35-43)38-18-5-2-6-19-38)60-57(59-55)49-33-32-41(44-27-15-28-48-47-26-9-12-31-53(47)62-54(44)48)36-52(49)61-50-29-10-7-24-45(50)46-25-8-11-30-51(46)61/h1-36H/i7D,8D,24D,25D,29D,30D. The van der Waals surface area contributed by atoms with Crippen molar-refractivity contribution in [2.75, 3.05) is 0 Å². The molecule has 0 N–H and O–H groups in total. The molecule has 0 aliphatic rings. The molecule has 0 aliphatic heterocycles. The van der Waals surface area contributed by atoms with E-state index in [4.69, 9.17) is 22.1 Å². The molecular formula is C57H36N4O. The molecule has 0 bridgehead atoms. The van der Waals surface area contributed by atoms with Crippen LogP contribution >= 0.6 is 0 Å². The van der Waals surface area contributed by atoms with Gasteiger partial charge in [0, 0.05) is 43.8 Å². The highest BCUT2D eigenvalue weighted by Crippen LogP contribution is 2.41. The van der Waals surface area contributed by atoms with E-state index in [1.807, 2.05) is 121 Å². The molecule has 0 saturated carbocycles. The van der Waals surface area contributed by atoms with Crippen molar-refractivity contribution >= 4 is 43.7 Å². The largest absolute Gasteiger partial charge is 0.455 e. The van der Waals surface area contributed by atoms with Crippen LogP contribution in [0.2, 0.25) is 0 Å². The summed E-state index contributed by atoms with van der Waals surface area (Å²) in [6.07, 6.45) is 0. The van der Waals surface area contributed by atoms with Gasteiger partial charge in [0.05, 0.1) is 24.9 Å². The Balaban J connectivity index is 1.18. The van der Waals surface area contributed by atoms with Gasteiger partial charge in [-0.15, -0.1) is 0 Å². The molecule has 0 spiro atoms. The maximum absolute atomic E-state index is 9.41. The van der Waals surface area contributed by atoms with Crippen molar-refractivity contribution in [3.8, 4) is 73.2 Å². The summed E-state index contributed by atoms with van der Waals surface area (Å²) in [6, 6.07) is 57.7. The molecule has 62 heavy (non-hydrogen) atoms. The second-order valence-corrected chi connectivity index (χ2v) is 15.1. The predicted octanol–water partition coefficient (Wildman–Crippen LogP) is 14.9. The number of furan rings is 1. The monoisotopic (exact) mass is 798 g/mol. The Labute approximate surface area is 366 Å². The molecule has 0 atom stereocenters. The van der Waals surface area contributed by atoms with Crippen molar-refractivity contribution in [1.82, 2.24) is 19.5 Å². The summed E-state index contributed by atoms with van der Waals surface area (Å²) < 4.78 is 62.8. The third-order valence-corrected chi connectivity index (χ3v) is 11.4. The van der Waals surface area contributed by atoms with E-state index in [0.717, 1.165) is 60.9 Å². The SMILES string of the molecule is [2H]c1cc([2H])c2c(c1[2H])c1c([2H])c([2H])cc([2H])c1n2-c1cc(-c2cccc3c2oc2ccccc23)ccc1-c1nc(-c2cccc(-c3ccccc3)c2)nc(-c2cccc(-c3ccccc3)c2)n1. The summed E-state index contributed by atoms with van der Waals surface area (Å²) in [7, 11) is 0. The first-order chi connectivity index (χ1) is 33.2. The molecule has 0 unspecified atom stereocenters. The van der Waals surface area contributed by atoms with Gasteiger partial charge in [0.1, 0.15) is 11.2 Å². The lowest BCUT2D eigenvalue weighted by Crippen LogP contribution is -2.04. The van der Waals surface area contributed by atoms with Gasteiger partial charge in [0.2, 0.25) is 0 Å². The van der Waals surface area contributed by atoms with Crippen LogP contribution in [0.25, 0.3) is 117 Å². The first-order valence-electron chi connectivity index (χ1n) is 23.3. The van der Waals surface area contributed by atoms with Gasteiger partial charge in [-0.05, 0) is 70.2 Å². The lowest BCUT2D eigenvalue weighted by Gasteiger charge is -2.17. The van der Waals surface area contributed by atoms with Crippen molar-refractivity contribution in [1.29, 1.82) is 0 Å². The molecule has 0 saturated heterocycles. The number of nitrogens with zero attached hydrogens (tertiary/aromatic N) is 4. The van der Waals surface area contributed by atoms with Gasteiger partial charge in [-0.25, -0.2) is 15.0 Å². The Kier molecular flexibility index (Phi) is 7.05. The second kappa shape index (κ2) is 14.7. The minimum Gasteiger partial charge on any atom is -0.455 e. The van der Waals surface area contributed by atoms with Crippen molar-refractivity contribution in [2.45, 2.75) is 0 Å². The van der Waals surface area contributed by atoms with Gasteiger partial charge in [0.25, 0.3) is 0 Å². The van der Waals surface area contributed by atoms with Gasteiger partial charge in [-0.3, -0.25) is 0 Å². The molecule has 0 aliphatic carbocycles. The van der Waals surface area contributed by atoms with Crippen LogP contribution in [0.4, 0.5) is 0 Å². The smallest absolute Gasteiger partial charge is 0.166 e. The fourth-order valence-corrected chi connectivity index (χ4v) is 8.49. The van der Waals surface area contributed by atoms with Crippen molar-refractivity contribution in [3.63, 3.8) is 0 Å². The van der Waals surface area contributed by atoms with E-state index in [0.29, 0.717) is 34.3 Å². The molecular weight excluding hydrogens is 757 g/mol. The molecule has 0 amide bonds. The van der Waals surface area contributed by atoms with E-state index in [1.54, 1.807) is 4.57 Å². The second-order valence-electron chi connectivity index (χ2n) is 15.1. The molecule has 3 heterocycles. The summed E-state index contributed by atoms with van der Waals surface area (Å²) in [4.78, 5) is 15.7. The Hall–Kier alpha value is -8.41. The summed E-state index contributed by atoms with van der Waals surface area (Å²) in [5, 5.41) is 2.21. The lowest BCUT2D eigenvalue weighted by molar-refractivity contribution is 0.670. The van der Waals surface area contributed by atoms with Crippen LogP contribution in [0.1, 0.15) is 8.22 Å². The van der Waals surface area contributed by atoms with Crippen LogP contribution in [0.5, 0.6) is 0 Å². The zero-order valence-electron chi connectivity index (χ0n) is 39.0. The topological polar surface area (TPSA) is 56.7 Å². The molecule has 290 valence electrons. The van der Waals surface area contributed by atoms with E-state index in [1.165, 1.54) is 12.1 Å². The first kappa shape index (κ1) is 29.7. The van der Waals surface area contributed by atoms with Crippen molar-refractivity contribution in [2.24, 2.45) is 0 Å². The fraction of sp³-hybridized carbons (Fsp3) is 0. The number of para-hydroxylation sites is 4. The Morgan fingerprint density at radius 1 is 0.371 bits per heavy atom. The third-order valence-electron chi connectivity index (χ3n) is 11.4. The minimum absolute atomic E-state index is 0.0780. The number of rotatable bonds is 7. The maximum atomic E-state index is 9.41. The summed E-state index contributed by atoms with van der Waals surface area (Å²) in [5.74, 6) is 1.13. The van der Waals surface area contributed by atoms with E-state index >= 15 is 0 Å². The highest BCUT2D eigenvalue weighted by molar-refractivity contribution is 6.11. The molecule has 12 rings (SSSR count). The summed E-state index contributed by atoms with van der Waals surface area (Å²) in [5.41, 5.74) is 9.91. The van der Waals surface area contributed by atoms with E-state index in [2.05, 4.69) is 48.5 Å². The fourth-order valence-electron chi connectivity index (χ4n) is 8.49. The zero-order valence-corrected chi connectivity index (χ0v) is 33.0. The van der Waals surface area contributed by atoms with Crippen LogP contribution in [0.15, 0.2) is 223 Å². The summed E-state index contributed by atoms with van der Waals surface area (Å²) >= 11 is 0. The number of benzene rings is 9. The molecule has 9 aromatic carbocycles. The van der Waals surface area contributed by atoms with E-state index < -0.39 is 0 Å². The maximum Gasteiger partial charge on any atom is 0.166 e. The van der Waals surface area contributed by atoms with Gasteiger partial charge >= 0.3 is 0 Å². The summed E-state index contributed by atoms with van der Waals surface area (Å²) in [6.45, 7) is 0. The number of hydrogen-bond acceptors (Lipinski definition) is 4. The van der Waals surface area contributed by atoms with Gasteiger partial charge in [-0.2, -0.15) is 0 Å². The minimum atomic E-state index is -0.204. The lowest BCUT2D eigenvalue weighted by atomic mass is 9.99. The van der Waals surface area contributed by atoms with E-state index in [9.17, 15) is 5.48 Å². The number of fused-ring (bicyclic) bond motifs is 6. The highest BCUT2D eigenvalue weighted by atomic mass is 16.3. The number of aromatic nitrogens is 4. The van der Waals surface area contributed by atoms with Gasteiger partial charge < -0.3 is 8.98 Å². The molecule has 0 fully saturated rings. The Morgan fingerprint density at radius 3 is 1.55 bits per heavy atom. The van der Waals surface area contributed by atoms with Crippen LogP contribution in [-0.4, -0.2) is 19.5 Å². The van der Waals surface area contributed by atoms with Crippen molar-refractivity contribution < 1.29 is 12.6 Å².